The number of anilines is 2. The van der Waals surface area contributed by atoms with E-state index in [1.807, 2.05) is 38.2 Å². The van der Waals surface area contributed by atoms with Crippen LogP contribution in [0, 0.1) is 0 Å². The predicted octanol–water partition coefficient (Wildman–Crippen LogP) is 1.24. The van der Waals surface area contributed by atoms with Crippen molar-refractivity contribution in [1.82, 2.24) is 9.97 Å². The molecule has 4 rings (SSSR count). The van der Waals surface area contributed by atoms with Crippen molar-refractivity contribution < 1.29 is 14.2 Å². The summed E-state index contributed by atoms with van der Waals surface area (Å²) >= 11 is 0. The average Bonchev–Trinajstić information content (AvgIpc) is 2.77. The molecule has 0 aliphatic carbocycles. The first-order chi connectivity index (χ1) is 14.1. The van der Waals surface area contributed by atoms with Crippen molar-refractivity contribution in [2.45, 2.75) is 0 Å². The molecule has 7 nitrogen and oxygen atoms in total. The molecule has 1 saturated heterocycles. The second kappa shape index (κ2) is 8.07. The van der Waals surface area contributed by atoms with Crippen LogP contribution in [0.25, 0.3) is 10.9 Å². The predicted molar refractivity (Wildman–Crippen MR) is 118 cm³/mol. The number of ether oxygens (including phenoxy) is 3. The molecule has 0 spiro atoms. The smallest absolute Gasteiger partial charge is 0.189 e. The fourth-order valence-electron chi connectivity index (χ4n) is 3.84. The van der Waals surface area contributed by atoms with Crippen LogP contribution in [0.1, 0.15) is 0 Å². The fraction of sp³-hybridized carbons (Fsp3) is 0.333. The quantitative estimate of drug-likeness (QED) is 0.606. The topological polar surface area (TPSA) is 60.0 Å². The summed E-state index contributed by atoms with van der Waals surface area (Å²) in [4.78, 5) is 14.0. The SMILES string of the molecule is Bc1nc(N2CCN(c3ccccc3OC)CC2)c2cc(OC)c(OC)cc2n1. The van der Waals surface area contributed by atoms with E-state index < -0.39 is 0 Å². The minimum atomic E-state index is 0.671. The molecule has 29 heavy (non-hydrogen) atoms. The van der Waals surface area contributed by atoms with Gasteiger partial charge in [-0.15, -0.1) is 0 Å². The van der Waals surface area contributed by atoms with E-state index in [1.54, 1.807) is 21.3 Å². The standard InChI is InChI=1S/C21H25BN4O3/c1-27-17-7-5-4-6-16(17)25-8-10-26(11-9-25)20-14-12-18(28-2)19(29-3)13-15(14)23-21(22)24-20/h4-7,12-13H,8-11,22H2,1-3H3. The number of benzene rings is 2. The molecule has 1 aromatic heterocycles. The van der Waals surface area contributed by atoms with Crippen LogP contribution in [0.5, 0.6) is 17.2 Å². The van der Waals surface area contributed by atoms with Crippen LogP contribution in [0.2, 0.25) is 0 Å². The Hall–Kier alpha value is -3.16. The first-order valence-electron chi connectivity index (χ1n) is 9.68. The Morgan fingerprint density at radius 2 is 1.41 bits per heavy atom. The number of hydrogen-bond donors (Lipinski definition) is 0. The molecule has 0 N–H and O–H groups in total. The Morgan fingerprint density at radius 1 is 0.793 bits per heavy atom. The molecule has 2 aromatic carbocycles. The van der Waals surface area contributed by atoms with Crippen LogP contribution in [0.3, 0.4) is 0 Å². The van der Waals surface area contributed by atoms with Crippen molar-refractivity contribution in [3.63, 3.8) is 0 Å². The highest BCUT2D eigenvalue weighted by Gasteiger charge is 2.23. The first kappa shape index (κ1) is 19.2. The van der Waals surface area contributed by atoms with Gasteiger partial charge < -0.3 is 24.0 Å². The van der Waals surface area contributed by atoms with E-state index in [-0.39, 0.29) is 0 Å². The average molecular weight is 392 g/mol. The third-order valence-corrected chi connectivity index (χ3v) is 5.30. The Kier molecular flexibility index (Phi) is 5.33. The minimum Gasteiger partial charge on any atom is -0.495 e. The number of aromatic nitrogens is 2. The molecule has 0 saturated carbocycles. The molecule has 150 valence electrons. The lowest BCUT2D eigenvalue weighted by Gasteiger charge is -2.37. The minimum absolute atomic E-state index is 0.671. The maximum absolute atomic E-state index is 5.53. The van der Waals surface area contributed by atoms with Gasteiger partial charge >= 0.3 is 0 Å². The number of nitrogens with zero attached hydrogens (tertiary/aromatic N) is 4. The molecule has 1 fully saturated rings. The molecule has 3 aromatic rings. The molecule has 0 amide bonds. The summed E-state index contributed by atoms with van der Waals surface area (Å²) in [6.07, 6.45) is 0. The third kappa shape index (κ3) is 3.62. The molecule has 0 unspecified atom stereocenters. The van der Waals surface area contributed by atoms with Gasteiger partial charge in [0, 0.05) is 37.6 Å². The van der Waals surface area contributed by atoms with Crippen molar-refractivity contribution in [2.75, 3.05) is 57.3 Å². The van der Waals surface area contributed by atoms with Gasteiger partial charge in [-0.3, -0.25) is 0 Å². The molecule has 0 radical (unpaired) electrons. The fourth-order valence-corrected chi connectivity index (χ4v) is 3.84. The summed E-state index contributed by atoms with van der Waals surface area (Å²) in [5, 5.41) is 0.971. The number of piperazine rings is 1. The lowest BCUT2D eigenvalue weighted by Crippen LogP contribution is -2.47. The van der Waals surface area contributed by atoms with Gasteiger partial charge in [0.1, 0.15) is 11.6 Å². The normalized spacial score (nSPS) is 14.2. The number of methoxy groups -OCH3 is 3. The number of rotatable bonds is 5. The molecule has 0 bridgehead atoms. The van der Waals surface area contributed by atoms with Crippen LogP contribution in [0.4, 0.5) is 11.5 Å². The summed E-state index contributed by atoms with van der Waals surface area (Å²) in [5.41, 5.74) is 2.73. The monoisotopic (exact) mass is 392 g/mol. The molecule has 0 atom stereocenters. The van der Waals surface area contributed by atoms with Gasteiger partial charge in [0.05, 0.1) is 38.3 Å². The molecule has 2 heterocycles. The number of para-hydroxylation sites is 2. The third-order valence-electron chi connectivity index (χ3n) is 5.30. The van der Waals surface area contributed by atoms with Crippen molar-refractivity contribution in [2.24, 2.45) is 0 Å². The van der Waals surface area contributed by atoms with E-state index in [4.69, 9.17) is 19.2 Å². The van der Waals surface area contributed by atoms with Crippen LogP contribution < -0.4 is 29.7 Å². The van der Waals surface area contributed by atoms with E-state index in [9.17, 15) is 0 Å². The highest BCUT2D eigenvalue weighted by molar-refractivity contribution is 6.29. The number of fused-ring (bicyclic) bond motifs is 1. The lowest BCUT2D eigenvalue weighted by atomic mass is 10.1. The summed E-state index contributed by atoms with van der Waals surface area (Å²) in [6.45, 7) is 3.49. The second-order valence-corrected chi connectivity index (χ2v) is 6.96. The van der Waals surface area contributed by atoms with E-state index in [2.05, 4.69) is 20.9 Å². The maximum atomic E-state index is 5.53. The second-order valence-electron chi connectivity index (χ2n) is 6.96. The molecule has 8 heteroatoms. The van der Waals surface area contributed by atoms with E-state index in [1.165, 1.54) is 0 Å². The largest absolute Gasteiger partial charge is 0.495 e. The van der Waals surface area contributed by atoms with Gasteiger partial charge in [-0.2, -0.15) is 0 Å². The van der Waals surface area contributed by atoms with Gasteiger partial charge in [-0.25, -0.2) is 9.97 Å². The van der Waals surface area contributed by atoms with Crippen molar-refractivity contribution in [3.8, 4) is 17.2 Å². The van der Waals surface area contributed by atoms with Crippen molar-refractivity contribution in [3.05, 3.63) is 36.4 Å². The Morgan fingerprint density at radius 3 is 2.10 bits per heavy atom. The van der Waals surface area contributed by atoms with Gasteiger partial charge in [0.2, 0.25) is 0 Å². The van der Waals surface area contributed by atoms with Crippen LogP contribution >= 0.6 is 0 Å². The Bertz CT molecular complexity index is 1020. The van der Waals surface area contributed by atoms with Gasteiger partial charge in [-0.1, -0.05) is 12.1 Å². The number of hydrogen-bond acceptors (Lipinski definition) is 7. The zero-order valence-electron chi connectivity index (χ0n) is 17.3. The molecule has 1 aliphatic heterocycles. The lowest BCUT2D eigenvalue weighted by molar-refractivity contribution is 0.356. The van der Waals surface area contributed by atoms with Crippen LogP contribution in [-0.4, -0.2) is 65.3 Å². The highest BCUT2D eigenvalue weighted by atomic mass is 16.5. The Labute approximate surface area is 171 Å². The first-order valence-corrected chi connectivity index (χ1v) is 9.68. The van der Waals surface area contributed by atoms with E-state index in [0.717, 1.165) is 60.1 Å². The van der Waals surface area contributed by atoms with Crippen LogP contribution in [0.15, 0.2) is 36.4 Å². The van der Waals surface area contributed by atoms with E-state index in [0.29, 0.717) is 11.5 Å². The summed E-state index contributed by atoms with van der Waals surface area (Å²) in [7, 11) is 6.91. The van der Waals surface area contributed by atoms with Gasteiger partial charge in [0.15, 0.2) is 19.3 Å². The molecular formula is C21H25BN4O3. The summed E-state index contributed by atoms with van der Waals surface area (Å²) < 4.78 is 16.5. The Balaban J connectivity index is 1.64. The zero-order chi connectivity index (χ0) is 20.4. The maximum Gasteiger partial charge on any atom is 0.189 e. The van der Waals surface area contributed by atoms with Crippen molar-refractivity contribution >= 4 is 36.0 Å². The van der Waals surface area contributed by atoms with Gasteiger partial charge in [-0.05, 0) is 18.2 Å². The van der Waals surface area contributed by atoms with Crippen molar-refractivity contribution in [1.29, 1.82) is 0 Å². The summed E-state index contributed by atoms with van der Waals surface area (Å²) in [6, 6.07) is 12.0. The molecule has 1 aliphatic rings. The van der Waals surface area contributed by atoms with Crippen LogP contribution in [-0.2, 0) is 0 Å². The molecular weight excluding hydrogens is 367 g/mol. The summed E-state index contributed by atoms with van der Waals surface area (Å²) in [5.74, 6) is 3.20. The highest BCUT2D eigenvalue weighted by Crippen LogP contribution is 2.35. The van der Waals surface area contributed by atoms with Gasteiger partial charge in [0.25, 0.3) is 0 Å². The van der Waals surface area contributed by atoms with E-state index >= 15 is 0 Å². The zero-order valence-corrected chi connectivity index (χ0v) is 17.3.